The molecular formula is C26H31N2O3+. The average Bonchev–Trinajstić information content (AvgIpc) is 2.78. The van der Waals surface area contributed by atoms with Gasteiger partial charge >= 0.3 is 0 Å². The van der Waals surface area contributed by atoms with Crippen molar-refractivity contribution in [3.8, 4) is 5.75 Å². The van der Waals surface area contributed by atoms with Crippen molar-refractivity contribution in [3.63, 3.8) is 0 Å². The predicted octanol–water partition coefficient (Wildman–Crippen LogP) is 3.66. The Morgan fingerprint density at radius 3 is 2.48 bits per heavy atom. The maximum absolute atomic E-state index is 10.3. The number of hydrogen-bond donors (Lipinski definition) is 5. The smallest absolute Gasteiger partial charge is 0.213 e. The van der Waals surface area contributed by atoms with Gasteiger partial charge in [0, 0.05) is 23.7 Å². The van der Waals surface area contributed by atoms with E-state index in [0.717, 1.165) is 28.0 Å². The lowest BCUT2D eigenvalue weighted by Gasteiger charge is -2.19. The van der Waals surface area contributed by atoms with Gasteiger partial charge < -0.3 is 20.6 Å². The second-order valence-electron chi connectivity index (χ2n) is 7.82. The van der Waals surface area contributed by atoms with Crippen molar-refractivity contribution >= 4 is 11.4 Å². The molecule has 0 spiro atoms. The average molecular weight is 420 g/mol. The number of aliphatic hydroxyl groups excluding tert-OH is 2. The Bertz CT molecular complexity index is 1030. The maximum Gasteiger partial charge on any atom is 0.213 e. The van der Waals surface area contributed by atoms with Gasteiger partial charge in [0.25, 0.3) is 0 Å². The highest BCUT2D eigenvalue weighted by Crippen LogP contribution is 2.30. The molecule has 31 heavy (non-hydrogen) atoms. The number of aliphatic hydroxyl groups is 2. The molecule has 1 aliphatic carbocycles. The van der Waals surface area contributed by atoms with Crippen LogP contribution >= 0.6 is 0 Å². The number of benzene rings is 2. The number of anilines is 1. The Labute approximate surface area is 183 Å². The molecule has 0 aromatic heterocycles. The summed E-state index contributed by atoms with van der Waals surface area (Å²) in [5, 5.41) is 39.9. The molecule has 1 unspecified atom stereocenters. The van der Waals surface area contributed by atoms with E-state index < -0.39 is 0 Å². The standard InChI is InChI=1S/C26H30N2O3/c1-3-21-19(16-29)14-25(31)17(2)8-13-22(21)26(27)23-6-4-5-7-24(23)28-15-18-9-11-20(30)12-10-18/h4-7,9-14,17,27-31H,3,8,15-16H2,1-2H3/p+1/b21-19-,22-13-,25-14+,27-26?. The lowest BCUT2D eigenvalue weighted by Crippen LogP contribution is -2.42. The number of nitrogens with one attached hydrogen (secondary N) is 1. The van der Waals surface area contributed by atoms with Crippen LogP contribution in [0.15, 0.2) is 83.2 Å². The fourth-order valence-corrected chi connectivity index (χ4v) is 3.78. The van der Waals surface area contributed by atoms with E-state index >= 15 is 0 Å². The minimum atomic E-state index is -0.161. The largest absolute Gasteiger partial charge is 0.512 e. The Morgan fingerprint density at radius 1 is 1.10 bits per heavy atom. The molecule has 0 heterocycles. The van der Waals surface area contributed by atoms with Crippen LogP contribution in [0.4, 0.5) is 5.69 Å². The number of phenols is 1. The number of aromatic hydroxyl groups is 1. The molecule has 3 rings (SSSR count). The summed E-state index contributed by atoms with van der Waals surface area (Å²) < 4.78 is 0. The monoisotopic (exact) mass is 419 g/mol. The zero-order valence-electron chi connectivity index (χ0n) is 18.1. The van der Waals surface area contributed by atoms with E-state index in [1.807, 2.05) is 50.2 Å². The highest BCUT2D eigenvalue weighted by Gasteiger charge is 2.24. The van der Waals surface area contributed by atoms with E-state index in [2.05, 4.69) is 11.4 Å². The van der Waals surface area contributed by atoms with Crippen molar-refractivity contribution < 1.29 is 20.7 Å². The molecule has 2 aromatic carbocycles. The lowest BCUT2D eigenvalue weighted by molar-refractivity contribution is -0.111. The fourth-order valence-electron chi connectivity index (χ4n) is 3.78. The number of nitrogens with two attached hydrogens (primary N) is 1. The second kappa shape index (κ2) is 10.1. The normalized spacial score (nSPS) is 22.5. The van der Waals surface area contributed by atoms with Gasteiger partial charge in [-0.05, 0) is 59.9 Å². The number of allylic oxidation sites excluding steroid dienone is 4. The zero-order valence-corrected chi connectivity index (χ0v) is 18.1. The molecule has 0 amide bonds. The maximum atomic E-state index is 10.3. The van der Waals surface area contributed by atoms with Gasteiger partial charge in [0.05, 0.1) is 17.9 Å². The highest BCUT2D eigenvalue weighted by molar-refractivity contribution is 6.14. The first-order chi connectivity index (χ1) is 14.9. The Kier molecular flexibility index (Phi) is 7.32. The van der Waals surface area contributed by atoms with Crippen LogP contribution in [-0.4, -0.2) is 27.6 Å². The lowest BCUT2D eigenvalue weighted by atomic mass is 9.86. The molecule has 0 bridgehead atoms. The quantitative estimate of drug-likeness (QED) is 0.442. The van der Waals surface area contributed by atoms with Crippen molar-refractivity contribution in [1.82, 2.24) is 0 Å². The van der Waals surface area contributed by atoms with Crippen molar-refractivity contribution in [2.24, 2.45) is 5.92 Å². The van der Waals surface area contributed by atoms with Crippen LogP contribution in [0.2, 0.25) is 0 Å². The van der Waals surface area contributed by atoms with E-state index in [1.165, 1.54) is 0 Å². The number of phenolic OH excluding ortho intramolecular Hbond substituents is 1. The summed E-state index contributed by atoms with van der Waals surface area (Å²) in [6.07, 6.45) is 5.08. The first-order valence-corrected chi connectivity index (χ1v) is 10.6. The number of rotatable bonds is 7. The number of hydrogen-bond acceptors (Lipinski definition) is 4. The van der Waals surface area contributed by atoms with Gasteiger partial charge in [-0.1, -0.05) is 44.2 Å². The molecule has 0 saturated carbocycles. The summed E-state index contributed by atoms with van der Waals surface area (Å²) in [5.41, 5.74) is 6.00. The fraction of sp³-hybridized carbons (Fsp3) is 0.269. The molecule has 5 heteroatoms. The van der Waals surface area contributed by atoms with Gasteiger partial charge in [-0.25, -0.2) is 0 Å². The van der Waals surface area contributed by atoms with Gasteiger partial charge in [-0.2, -0.15) is 0 Å². The molecule has 0 saturated heterocycles. The molecule has 1 atom stereocenters. The molecule has 0 aliphatic heterocycles. The summed E-state index contributed by atoms with van der Waals surface area (Å²) >= 11 is 0. The van der Waals surface area contributed by atoms with Crippen LogP contribution in [0.5, 0.6) is 5.75 Å². The highest BCUT2D eigenvalue weighted by atomic mass is 16.3. The summed E-state index contributed by atoms with van der Waals surface area (Å²) in [4.78, 5) is 0. The molecule has 1 aliphatic rings. The summed E-state index contributed by atoms with van der Waals surface area (Å²) in [6.45, 7) is 4.41. The van der Waals surface area contributed by atoms with Crippen molar-refractivity contribution in [2.45, 2.75) is 33.2 Å². The van der Waals surface area contributed by atoms with Gasteiger partial charge in [0.2, 0.25) is 5.71 Å². The summed E-state index contributed by atoms with van der Waals surface area (Å²) in [7, 11) is 0. The molecule has 162 valence electrons. The van der Waals surface area contributed by atoms with Crippen molar-refractivity contribution in [3.05, 3.63) is 94.3 Å². The summed E-state index contributed by atoms with van der Waals surface area (Å²) in [5.74, 6) is 0.469. The second-order valence-corrected chi connectivity index (χ2v) is 7.82. The first kappa shape index (κ1) is 22.4. The SMILES string of the molecule is CCC1=C(CO)\C=C(\O)C(C)C\C=C\1C(=[NH2+])c1ccccc1NCc1ccc(O)cc1. The van der Waals surface area contributed by atoms with E-state index in [1.54, 1.807) is 18.2 Å². The Hall–Kier alpha value is -3.31. The molecule has 0 radical (unpaired) electrons. The van der Waals surface area contributed by atoms with E-state index in [4.69, 9.17) is 5.41 Å². The molecule has 0 fully saturated rings. The van der Waals surface area contributed by atoms with E-state index in [9.17, 15) is 15.3 Å². The Balaban J connectivity index is 1.95. The van der Waals surface area contributed by atoms with E-state index in [-0.39, 0.29) is 24.0 Å². The molecular weight excluding hydrogens is 388 g/mol. The topological polar surface area (TPSA) is 98.3 Å². The van der Waals surface area contributed by atoms with Gasteiger partial charge in [0.15, 0.2) is 0 Å². The minimum absolute atomic E-state index is 0.0504. The predicted molar refractivity (Wildman–Crippen MR) is 125 cm³/mol. The Morgan fingerprint density at radius 2 is 1.81 bits per heavy atom. The van der Waals surface area contributed by atoms with Crippen LogP contribution in [-0.2, 0) is 6.54 Å². The van der Waals surface area contributed by atoms with Gasteiger partial charge in [-0.3, -0.25) is 5.41 Å². The van der Waals surface area contributed by atoms with Crippen molar-refractivity contribution in [1.29, 1.82) is 0 Å². The third kappa shape index (κ3) is 5.25. The summed E-state index contributed by atoms with van der Waals surface area (Å²) in [6, 6.07) is 15.0. The van der Waals surface area contributed by atoms with Crippen LogP contribution in [0.3, 0.4) is 0 Å². The van der Waals surface area contributed by atoms with Crippen LogP contribution in [0, 0.1) is 5.92 Å². The van der Waals surface area contributed by atoms with Crippen molar-refractivity contribution in [2.75, 3.05) is 11.9 Å². The van der Waals surface area contributed by atoms with Gasteiger partial charge in [-0.15, -0.1) is 0 Å². The van der Waals surface area contributed by atoms with Gasteiger partial charge in [0.1, 0.15) is 5.75 Å². The van der Waals surface area contributed by atoms with Crippen LogP contribution in [0.1, 0.15) is 37.8 Å². The molecule has 2 aromatic rings. The third-order valence-electron chi connectivity index (χ3n) is 5.67. The number of para-hydroxylation sites is 1. The molecule has 5 nitrogen and oxygen atoms in total. The van der Waals surface area contributed by atoms with E-state index in [0.29, 0.717) is 30.7 Å². The minimum Gasteiger partial charge on any atom is -0.512 e. The van der Waals surface area contributed by atoms with Crippen LogP contribution < -0.4 is 10.7 Å². The first-order valence-electron chi connectivity index (χ1n) is 10.6. The van der Waals surface area contributed by atoms with Crippen LogP contribution in [0.25, 0.3) is 0 Å². The zero-order chi connectivity index (χ0) is 22.4. The molecule has 6 N–H and O–H groups in total. The third-order valence-corrected chi connectivity index (χ3v) is 5.67.